The molecule has 1 aromatic heterocycles. The second kappa shape index (κ2) is 4.52. The quantitative estimate of drug-likeness (QED) is 0.738. The van der Waals surface area contributed by atoms with E-state index in [9.17, 15) is 9.59 Å². The third-order valence-electron chi connectivity index (χ3n) is 1.20. The lowest BCUT2D eigenvalue weighted by molar-refractivity contribution is -0.131. The largest absolute Gasteiger partial charge is 0.478 e. The number of thiazole rings is 1. The SMILES string of the molecule is CC(=O)Nc1ncc(/C=C/C(=O)O)s1. The van der Waals surface area contributed by atoms with Gasteiger partial charge in [-0.15, -0.1) is 0 Å². The van der Waals surface area contributed by atoms with Crippen molar-refractivity contribution in [3.63, 3.8) is 0 Å². The Morgan fingerprint density at radius 3 is 2.93 bits per heavy atom. The van der Waals surface area contributed by atoms with E-state index in [0.717, 1.165) is 6.08 Å². The summed E-state index contributed by atoms with van der Waals surface area (Å²) in [6.45, 7) is 1.38. The van der Waals surface area contributed by atoms with E-state index in [1.807, 2.05) is 0 Å². The molecule has 1 rings (SSSR count). The normalized spacial score (nSPS) is 10.4. The van der Waals surface area contributed by atoms with Crippen LogP contribution in [0.25, 0.3) is 6.08 Å². The average molecular weight is 212 g/mol. The lowest BCUT2D eigenvalue weighted by Crippen LogP contribution is -2.04. The summed E-state index contributed by atoms with van der Waals surface area (Å²) in [4.78, 5) is 25.4. The molecule has 1 amide bonds. The highest BCUT2D eigenvalue weighted by Gasteiger charge is 2.00. The number of nitrogens with one attached hydrogen (secondary N) is 1. The van der Waals surface area contributed by atoms with Crippen molar-refractivity contribution in [1.29, 1.82) is 0 Å². The number of carbonyl (C=O) groups excluding carboxylic acids is 1. The number of aromatic nitrogens is 1. The molecule has 2 N–H and O–H groups in total. The van der Waals surface area contributed by atoms with E-state index in [4.69, 9.17) is 5.11 Å². The Balaban J connectivity index is 2.68. The molecule has 0 saturated carbocycles. The maximum atomic E-state index is 10.6. The first kappa shape index (κ1) is 10.4. The summed E-state index contributed by atoms with van der Waals surface area (Å²) in [5, 5.41) is 11.3. The van der Waals surface area contributed by atoms with Crippen molar-refractivity contribution < 1.29 is 14.7 Å². The van der Waals surface area contributed by atoms with Crippen LogP contribution in [-0.2, 0) is 9.59 Å². The number of carbonyl (C=O) groups is 2. The lowest BCUT2D eigenvalue weighted by Gasteiger charge is -1.91. The molecular formula is C8H8N2O3S. The number of hydrogen-bond donors (Lipinski definition) is 2. The molecule has 1 aromatic rings. The van der Waals surface area contributed by atoms with Gasteiger partial charge in [0.25, 0.3) is 0 Å². The minimum atomic E-state index is -1.01. The molecule has 0 aliphatic carbocycles. The van der Waals surface area contributed by atoms with Gasteiger partial charge in [0.2, 0.25) is 5.91 Å². The van der Waals surface area contributed by atoms with Crippen LogP contribution in [0.15, 0.2) is 12.3 Å². The van der Waals surface area contributed by atoms with E-state index < -0.39 is 5.97 Å². The zero-order valence-electron chi connectivity index (χ0n) is 7.35. The fourth-order valence-corrected chi connectivity index (χ4v) is 1.49. The molecule has 0 bridgehead atoms. The highest BCUT2D eigenvalue weighted by Crippen LogP contribution is 2.18. The Morgan fingerprint density at radius 2 is 2.36 bits per heavy atom. The van der Waals surface area contributed by atoms with Gasteiger partial charge in [-0.25, -0.2) is 9.78 Å². The molecule has 5 nitrogen and oxygen atoms in total. The molecule has 0 atom stereocenters. The number of rotatable bonds is 3. The monoisotopic (exact) mass is 212 g/mol. The van der Waals surface area contributed by atoms with Gasteiger partial charge in [-0.1, -0.05) is 11.3 Å². The Bertz CT molecular complexity index is 384. The van der Waals surface area contributed by atoms with Gasteiger partial charge in [0.05, 0.1) is 0 Å². The first-order valence-electron chi connectivity index (χ1n) is 3.72. The van der Waals surface area contributed by atoms with E-state index >= 15 is 0 Å². The lowest BCUT2D eigenvalue weighted by atomic mass is 10.4. The third-order valence-corrected chi connectivity index (χ3v) is 2.07. The number of aliphatic carboxylic acids is 1. The van der Waals surface area contributed by atoms with Gasteiger partial charge >= 0.3 is 5.97 Å². The van der Waals surface area contributed by atoms with Crippen molar-refractivity contribution in [3.8, 4) is 0 Å². The average Bonchev–Trinajstić information content (AvgIpc) is 2.47. The van der Waals surface area contributed by atoms with Gasteiger partial charge in [0, 0.05) is 24.1 Å². The second-order valence-electron chi connectivity index (χ2n) is 2.42. The Hall–Kier alpha value is -1.69. The van der Waals surface area contributed by atoms with Crippen molar-refractivity contribution in [2.24, 2.45) is 0 Å². The van der Waals surface area contributed by atoms with Crippen LogP contribution in [0.1, 0.15) is 11.8 Å². The van der Waals surface area contributed by atoms with Gasteiger partial charge in [0.15, 0.2) is 5.13 Å². The standard InChI is InChI=1S/C8H8N2O3S/c1-5(11)10-8-9-4-6(14-8)2-3-7(12)13/h2-4H,1H3,(H,12,13)(H,9,10,11)/b3-2+. The van der Waals surface area contributed by atoms with Gasteiger partial charge in [0.1, 0.15) is 0 Å². The van der Waals surface area contributed by atoms with Gasteiger partial charge in [-0.2, -0.15) is 0 Å². The summed E-state index contributed by atoms with van der Waals surface area (Å²) in [6.07, 6.45) is 3.94. The van der Waals surface area contributed by atoms with E-state index in [0.29, 0.717) is 10.0 Å². The zero-order chi connectivity index (χ0) is 10.6. The predicted octanol–water partition coefficient (Wildman–Crippen LogP) is 1.20. The summed E-state index contributed by atoms with van der Waals surface area (Å²) in [6, 6.07) is 0. The number of anilines is 1. The van der Waals surface area contributed by atoms with Crippen LogP contribution in [-0.4, -0.2) is 22.0 Å². The molecule has 74 valence electrons. The first-order chi connectivity index (χ1) is 6.58. The van der Waals surface area contributed by atoms with Gasteiger partial charge in [-0.3, -0.25) is 4.79 Å². The summed E-state index contributed by atoms with van der Waals surface area (Å²) in [7, 11) is 0. The third kappa shape index (κ3) is 3.36. The van der Waals surface area contributed by atoms with Gasteiger partial charge in [-0.05, 0) is 6.08 Å². The number of nitrogens with zero attached hydrogens (tertiary/aromatic N) is 1. The van der Waals surface area contributed by atoms with E-state index in [1.165, 1.54) is 30.5 Å². The van der Waals surface area contributed by atoms with Crippen LogP contribution in [0.5, 0.6) is 0 Å². The molecule has 1 heterocycles. The minimum absolute atomic E-state index is 0.201. The van der Waals surface area contributed by atoms with Crippen LogP contribution in [0.3, 0.4) is 0 Å². The summed E-state index contributed by atoms with van der Waals surface area (Å²) in [5.74, 6) is -1.22. The van der Waals surface area contributed by atoms with Crippen LogP contribution in [0.2, 0.25) is 0 Å². The van der Waals surface area contributed by atoms with Crippen LogP contribution in [0, 0.1) is 0 Å². The van der Waals surface area contributed by atoms with Gasteiger partial charge < -0.3 is 10.4 Å². The topological polar surface area (TPSA) is 79.3 Å². The molecule has 6 heteroatoms. The number of carboxylic acids is 1. The molecule has 0 radical (unpaired) electrons. The van der Waals surface area contributed by atoms with Crippen molar-refractivity contribution in [2.75, 3.05) is 5.32 Å². The molecule has 14 heavy (non-hydrogen) atoms. The molecule has 0 spiro atoms. The van der Waals surface area contributed by atoms with Crippen LogP contribution in [0.4, 0.5) is 5.13 Å². The predicted molar refractivity (Wildman–Crippen MR) is 53.1 cm³/mol. The fraction of sp³-hybridized carbons (Fsp3) is 0.125. The summed E-state index contributed by atoms with van der Waals surface area (Å²) < 4.78 is 0. The number of amides is 1. The second-order valence-corrected chi connectivity index (χ2v) is 3.48. The zero-order valence-corrected chi connectivity index (χ0v) is 8.17. The smallest absolute Gasteiger partial charge is 0.328 e. The number of carboxylic acid groups (broad SMARTS) is 1. The van der Waals surface area contributed by atoms with Crippen LogP contribution < -0.4 is 5.32 Å². The van der Waals surface area contributed by atoms with Crippen molar-refractivity contribution in [3.05, 3.63) is 17.2 Å². The molecular weight excluding hydrogens is 204 g/mol. The van der Waals surface area contributed by atoms with E-state index in [1.54, 1.807) is 0 Å². The highest BCUT2D eigenvalue weighted by molar-refractivity contribution is 7.16. The van der Waals surface area contributed by atoms with E-state index in [-0.39, 0.29) is 5.91 Å². The first-order valence-corrected chi connectivity index (χ1v) is 4.54. The van der Waals surface area contributed by atoms with Crippen molar-refractivity contribution >= 4 is 34.4 Å². The fourth-order valence-electron chi connectivity index (χ4n) is 0.725. The molecule has 0 unspecified atom stereocenters. The molecule has 0 aromatic carbocycles. The maximum absolute atomic E-state index is 10.6. The Morgan fingerprint density at radius 1 is 1.64 bits per heavy atom. The van der Waals surface area contributed by atoms with Crippen molar-refractivity contribution in [1.82, 2.24) is 4.98 Å². The molecule has 0 aliphatic rings. The summed E-state index contributed by atoms with van der Waals surface area (Å²) >= 11 is 1.21. The summed E-state index contributed by atoms with van der Waals surface area (Å²) in [5.41, 5.74) is 0. The van der Waals surface area contributed by atoms with Crippen molar-refractivity contribution in [2.45, 2.75) is 6.92 Å². The minimum Gasteiger partial charge on any atom is -0.478 e. The Labute approximate surface area is 84.1 Å². The Kier molecular flexibility index (Phi) is 3.35. The molecule has 0 fully saturated rings. The number of hydrogen-bond acceptors (Lipinski definition) is 4. The maximum Gasteiger partial charge on any atom is 0.328 e. The molecule has 0 saturated heterocycles. The molecule has 0 aliphatic heterocycles. The van der Waals surface area contributed by atoms with E-state index in [2.05, 4.69) is 10.3 Å². The van der Waals surface area contributed by atoms with Crippen LogP contribution >= 0.6 is 11.3 Å². The highest BCUT2D eigenvalue weighted by atomic mass is 32.1.